The molecule has 1 aromatic carbocycles. The molecule has 6 nitrogen and oxygen atoms in total. The number of rotatable bonds is 4. The summed E-state index contributed by atoms with van der Waals surface area (Å²) in [6, 6.07) is 5.87. The van der Waals surface area contributed by atoms with Crippen molar-refractivity contribution in [2.75, 3.05) is 0 Å². The highest BCUT2D eigenvalue weighted by Gasteiger charge is 2.28. The van der Waals surface area contributed by atoms with Crippen LogP contribution in [0, 0.1) is 5.82 Å². The smallest absolute Gasteiger partial charge is 0.326 e. The van der Waals surface area contributed by atoms with E-state index in [0.717, 1.165) is 5.56 Å². The monoisotopic (exact) mass is 279 g/mol. The van der Waals surface area contributed by atoms with Crippen LogP contribution in [0.15, 0.2) is 33.8 Å². The number of halogens is 1. The van der Waals surface area contributed by atoms with Gasteiger partial charge in [0.2, 0.25) is 11.8 Å². The van der Waals surface area contributed by atoms with Gasteiger partial charge in [-0.15, -0.1) is 0 Å². The number of aliphatic hydroxyl groups excluding tert-OH is 1. The van der Waals surface area contributed by atoms with Gasteiger partial charge in [0.25, 0.3) is 0 Å². The Kier molecular flexibility index (Phi) is 4.09. The Labute approximate surface area is 114 Å². The van der Waals surface area contributed by atoms with Gasteiger partial charge in [-0.05, 0) is 48.7 Å². The number of hydrogen-bond donors (Lipinski definition) is 1. The molecule has 0 aliphatic carbocycles. The first-order chi connectivity index (χ1) is 9.47. The Morgan fingerprint density at radius 1 is 1.50 bits per heavy atom. The van der Waals surface area contributed by atoms with E-state index in [1.54, 1.807) is 12.1 Å². The Hall–Kier alpha value is -2.28. The van der Waals surface area contributed by atoms with Crippen LogP contribution in [-0.2, 0) is 6.54 Å². The van der Waals surface area contributed by atoms with Crippen molar-refractivity contribution in [3.8, 4) is 0 Å². The predicted molar refractivity (Wildman–Crippen MR) is 65.6 cm³/mol. The van der Waals surface area contributed by atoms with Crippen LogP contribution in [0.2, 0.25) is 0 Å². The maximum absolute atomic E-state index is 12.8. The van der Waals surface area contributed by atoms with Crippen molar-refractivity contribution in [2.45, 2.75) is 26.5 Å². The van der Waals surface area contributed by atoms with Crippen LogP contribution in [0.3, 0.4) is 0 Å². The largest absolute Gasteiger partial charge is 0.862 e. The molecule has 2 aromatic rings. The van der Waals surface area contributed by atoms with E-state index >= 15 is 0 Å². The second kappa shape index (κ2) is 5.79. The van der Waals surface area contributed by atoms with Crippen LogP contribution in [0.4, 0.5) is 10.3 Å². The van der Waals surface area contributed by atoms with Crippen LogP contribution in [-0.4, -0.2) is 16.3 Å². The number of aliphatic imine (C=N–C) groups is 1. The molecule has 0 aliphatic heterocycles. The fourth-order valence-corrected chi connectivity index (χ4v) is 1.78. The number of aliphatic hydroxyl groups is 1. The number of benzene rings is 1. The fraction of sp³-hybridized carbons (Fsp3) is 0.308. The molecule has 20 heavy (non-hydrogen) atoms. The zero-order valence-corrected chi connectivity index (χ0v) is 11.1. The predicted octanol–water partition coefficient (Wildman–Crippen LogP) is 0.613. The lowest BCUT2D eigenvalue weighted by Gasteiger charge is -2.01. The third kappa shape index (κ3) is 3.18. The number of nitrogens with zero attached hydrogens (tertiary/aromatic N) is 3. The first-order valence-corrected chi connectivity index (χ1v) is 6.02. The van der Waals surface area contributed by atoms with Crippen molar-refractivity contribution in [3.63, 3.8) is 0 Å². The lowest BCUT2D eigenvalue weighted by molar-refractivity contribution is -0.763. The molecule has 0 amide bonds. The van der Waals surface area contributed by atoms with Gasteiger partial charge in [-0.25, -0.2) is 9.38 Å². The van der Waals surface area contributed by atoms with Crippen LogP contribution < -0.4 is 9.79 Å². The summed E-state index contributed by atoms with van der Waals surface area (Å²) in [5.41, 5.74) is 1.07. The highest BCUT2D eigenvalue weighted by atomic mass is 19.1. The molecule has 0 saturated carbocycles. The fourth-order valence-electron chi connectivity index (χ4n) is 1.78. The molecule has 7 heteroatoms. The van der Waals surface area contributed by atoms with E-state index in [1.807, 2.05) is 0 Å². The van der Waals surface area contributed by atoms with Crippen LogP contribution in [0.25, 0.3) is 0 Å². The molecule has 2 rings (SSSR count). The first kappa shape index (κ1) is 14.1. The maximum Gasteiger partial charge on any atom is 0.326 e. The summed E-state index contributed by atoms with van der Waals surface area (Å²) in [6.07, 6.45) is -0.903. The van der Waals surface area contributed by atoms with Gasteiger partial charge in [-0.2, -0.15) is 0 Å². The van der Waals surface area contributed by atoms with Crippen molar-refractivity contribution in [3.05, 3.63) is 41.3 Å². The topological polar surface area (TPSA) is 85.6 Å². The maximum atomic E-state index is 12.8. The van der Waals surface area contributed by atoms with Crippen molar-refractivity contribution >= 4 is 11.8 Å². The van der Waals surface area contributed by atoms with E-state index in [0.29, 0.717) is 5.69 Å². The molecule has 1 heterocycles. The minimum Gasteiger partial charge on any atom is -0.862 e. The molecule has 106 valence electrons. The number of aromatic nitrogens is 2. The molecule has 1 atom stereocenters. The van der Waals surface area contributed by atoms with E-state index in [4.69, 9.17) is 4.52 Å². The van der Waals surface area contributed by atoms with Gasteiger partial charge < -0.3 is 10.2 Å². The van der Waals surface area contributed by atoms with Gasteiger partial charge in [0.1, 0.15) is 11.9 Å². The van der Waals surface area contributed by atoms with Crippen LogP contribution in [0.1, 0.15) is 31.2 Å². The summed E-state index contributed by atoms with van der Waals surface area (Å²) in [7, 11) is 0. The van der Waals surface area contributed by atoms with Crippen molar-refractivity contribution < 1.29 is 23.8 Å². The zero-order valence-electron chi connectivity index (χ0n) is 11.1. The van der Waals surface area contributed by atoms with Crippen molar-refractivity contribution in [1.82, 2.24) is 5.27 Å². The molecular formula is C13H14FN3O3. The second-order valence-corrected chi connectivity index (χ2v) is 4.35. The Morgan fingerprint density at radius 2 is 2.15 bits per heavy atom. The summed E-state index contributed by atoms with van der Waals surface area (Å²) in [4.78, 5) is 3.65. The van der Waals surface area contributed by atoms with E-state index in [1.165, 1.54) is 30.7 Å². The summed E-state index contributed by atoms with van der Waals surface area (Å²) >= 11 is 0. The molecule has 0 fully saturated rings. The molecule has 0 bridgehead atoms. The Bertz CT molecular complexity index is 616. The Balaban J connectivity index is 2.34. The second-order valence-electron chi connectivity index (χ2n) is 4.35. The quantitative estimate of drug-likeness (QED) is 0.505. The average molecular weight is 279 g/mol. The Morgan fingerprint density at radius 3 is 2.70 bits per heavy atom. The summed E-state index contributed by atoms with van der Waals surface area (Å²) in [5, 5.41) is 24.5. The van der Waals surface area contributed by atoms with Gasteiger partial charge in [-0.3, -0.25) is 4.52 Å². The minimum atomic E-state index is -0.903. The SMILES string of the molecule is C/C([O-])=N/c1on[n+](Cc2ccc(F)cc2)c1C(C)O. The highest BCUT2D eigenvalue weighted by Crippen LogP contribution is 2.21. The van der Waals surface area contributed by atoms with E-state index in [9.17, 15) is 14.6 Å². The van der Waals surface area contributed by atoms with Crippen LogP contribution in [0.5, 0.6) is 0 Å². The zero-order chi connectivity index (χ0) is 14.7. The van der Waals surface area contributed by atoms with E-state index in [-0.39, 0.29) is 18.2 Å². The molecule has 0 saturated heterocycles. The minimum absolute atomic E-state index is 0.0189. The van der Waals surface area contributed by atoms with Gasteiger partial charge in [0.05, 0.1) is 0 Å². The van der Waals surface area contributed by atoms with Gasteiger partial charge in [-0.1, -0.05) is 0 Å². The third-order valence-electron chi connectivity index (χ3n) is 2.62. The van der Waals surface area contributed by atoms with Crippen LogP contribution >= 0.6 is 0 Å². The lowest BCUT2D eigenvalue weighted by Crippen LogP contribution is -2.40. The molecule has 0 radical (unpaired) electrons. The third-order valence-corrected chi connectivity index (χ3v) is 2.62. The summed E-state index contributed by atoms with van der Waals surface area (Å²) < 4.78 is 19.2. The number of hydrogen-bond acceptors (Lipinski definition) is 5. The molecule has 0 aliphatic rings. The van der Waals surface area contributed by atoms with Gasteiger partial charge in [0.15, 0.2) is 0 Å². The normalized spacial score (nSPS) is 13.5. The molecular weight excluding hydrogens is 265 g/mol. The standard InChI is InChI=1S/C13H14FN3O3/c1-8(18)12-13(15-9(2)19)20-16-17(12)7-10-3-5-11(14)6-4-10/h3-6,8,18H,7H2,1-2H3. The molecule has 0 spiro atoms. The summed E-state index contributed by atoms with van der Waals surface area (Å²) in [6.45, 7) is 3.07. The first-order valence-electron chi connectivity index (χ1n) is 6.02. The summed E-state index contributed by atoms with van der Waals surface area (Å²) in [5.74, 6) is -0.798. The molecule has 1 aromatic heterocycles. The van der Waals surface area contributed by atoms with Gasteiger partial charge >= 0.3 is 11.6 Å². The van der Waals surface area contributed by atoms with Crippen molar-refractivity contribution in [2.24, 2.45) is 4.99 Å². The van der Waals surface area contributed by atoms with E-state index < -0.39 is 12.0 Å². The molecule has 1 unspecified atom stereocenters. The average Bonchev–Trinajstić information content (AvgIpc) is 2.74. The molecule has 1 N–H and O–H groups in total. The van der Waals surface area contributed by atoms with Gasteiger partial charge in [0, 0.05) is 5.56 Å². The van der Waals surface area contributed by atoms with Crippen molar-refractivity contribution in [1.29, 1.82) is 0 Å². The van der Waals surface area contributed by atoms with E-state index in [2.05, 4.69) is 10.3 Å². The highest BCUT2D eigenvalue weighted by molar-refractivity contribution is 5.71. The lowest BCUT2D eigenvalue weighted by atomic mass is 10.2.